The van der Waals surface area contributed by atoms with Crippen molar-refractivity contribution in [3.8, 4) is 0 Å². The van der Waals surface area contributed by atoms with Gasteiger partial charge in [0.05, 0.1) is 6.92 Å². The molecular formula is C2H4N2O3. The summed E-state index contributed by atoms with van der Waals surface area (Å²) in [5, 5.41) is 19.4. The molecule has 0 aromatic rings. The number of nitrogens with zero attached hydrogens (tertiary/aromatic N) is 2. The Labute approximate surface area is 39.4 Å². The lowest BCUT2D eigenvalue weighted by Gasteiger charge is -1.82. The minimum atomic E-state index is -0.778. The van der Waals surface area contributed by atoms with Crippen LogP contribution in [0.5, 0.6) is 0 Å². The molecule has 5 heteroatoms. The number of rotatable bonds is 0. The van der Waals surface area contributed by atoms with Crippen LogP contribution in [0.25, 0.3) is 0 Å². The molecule has 0 heterocycles. The molecule has 0 aliphatic carbocycles. The van der Waals surface area contributed by atoms with Crippen LogP contribution < -0.4 is 0 Å². The highest BCUT2D eigenvalue weighted by atomic mass is 16.6. The van der Waals surface area contributed by atoms with Gasteiger partial charge in [0.1, 0.15) is 5.16 Å². The van der Waals surface area contributed by atoms with E-state index in [-0.39, 0.29) is 0 Å². The van der Waals surface area contributed by atoms with Gasteiger partial charge in [-0.05, 0) is 4.92 Å². The molecule has 0 aliphatic heterocycles. The third-order valence-electron chi connectivity index (χ3n) is 0.409. The van der Waals surface area contributed by atoms with Gasteiger partial charge in [-0.1, -0.05) is 0 Å². The minimum absolute atomic E-state index is 0.500. The summed E-state index contributed by atoms with van der Waals surface area (Å²) in [4.78, 5) is 8.67. The first-order chi connectivity index (χ1) is 3.18. The SMILES string of the molecule is C/C(=N/O)[N+](=O)[O-]. The normalized spacial score (nSPS) is 11.3. The first kappa shape index (κ1) is 5.87. The van der Waals surface area contributed by atoms with Gasteiger partial charge in [0, 0.05) is 0 Å². The fourth-order valence-corrected chi connectivity index (χ4v) is 0.0365. The van der Waals surface area contributed by atoms with Gasteiger partial charge >= 0.3 is 5.84 Å². The van der Waals surface area contributed by atoms with Crippen LogP contribution in [0.3, 0.4) is 0 Å². The number of oxime groups is 1. The Balaban J connectivity index is 3.82. The molecule has 0 fully saturated rings. The van der Waals surface area contributed by atoms with E-state index in [0.29, 0.717) is 0 Å². The van der Waals surface area contributed by atoms with Crippen LogP contribution in [0, 0.1) is 10.1 Å². The number of amidine groups is 1. The summed E-state index contributed by atoms with van der Waals surface area (Å²) >= 11 is 0. The monoisotopic (exact) mass is 104 g/mol. The lowest BCUT2D eigenvalue weighted by atomic mass is 10.7. The van der Waals surface area contributed by atoms with Crippen molar-refractivity contribution in [1.29, 1.82) is 0 Å². The summed E-state index contributed by atoms with van der Waals surface area (Å²) in [5.74, 6) is -0.500. The average Bonchev–Trinajstić information content (AvgIpc) is 1.65. The third kappa shape index (κ3) is 1.69. The fourth-order valence-electron chi connectivity index (χ4n) is 0.0365. The van der Waals surface area contributed by atoms with Crippen molar-refractivity contribution >= 4 is 5.84 Å². The van der Waals surface area contributed by atoms with Crippen LogP contribution in [0.1, 0.15) is 6.92 Å². The van der Waals surface area contributed by atoms with Crippen LogP contribution in [0.4, 0.5) is 0 Å². The smallest absolute Gasteiger partial charge is 0.358 e. The molecule has 0 aliphatic rings. The van der Waals surface area contributed by atoms with Gasteiger partial charge in [0.2, 0.25) is 0 Å². The number of nitro groups is 1. The predicted octanol–water partition coefficient (Wildman–Crippen LogP) is 0.0707. The van der Waals surface area contributed by atoms with Crippen molar-refractivity contribution in [2.45, 2.75) is 6.92 Å². The van der Waals surface area contributed by atoms with E-state index in [4.69, 9.17) is 5.21 Å². The molecule has 0 amide bonds. The van der Waals surface area contributed by atoms with Gasteiger partial charge in [-0.3, -0.25) is 0 Å². The van der Waals surface area contributed by atoms with Gasteiger partial charge in [0.15, 0.2) is 0 Å². The lowest BCUT2D eigenvalue weighted by molar-refractivity contribution is -0.353. The zero-order valence-electron chi connectivity index (χ0n) is 3.66. The molecular weight excluding hydrogens is 100 g/mol. The maximum absolute atomic E-state index is 9.45. The zero-order chi connectivity index (χ0) is 5.86. The van der Waals surface area contributed by atoms with E-state index in [1.165, 1.54) is 0 Å². The summed E-state index contributed by atoms with van der Waals surface area (Å²) in [7, 11) is 0. The molecule has 40 valence electrons. The molecule has 1 N–H and O–H groups in total. The quantitative estimate of drug-likeness (QED) is 0.155. The van der Waals surface area contributed by atoms with Gasteiger partial charge in [-0.2, -0.15) is 0 Å². The molecule has 0 aromatic carbocycles. The molecule has 0 unspecified atom stereocenters. The summed E-state index contributed by atoms with van der Waals surface area (Å²) in [5.41, 5.74) is 0. The summed E-state index contributed by atoms with van der Waals surface area (Å²) in [6, 6.07) is 0. The molecule has 7 heavy (non-hydrogen) atoms. The van der Waals surface area contributed by atoms with Gasteiger partial charge in [-0.25, -0.2) is 0 Å². The number of hydrogen-bond donors (Lipinski definition) is 1. The Bertz CT molecular complexity index is 108. The predicted molar refractivity (Wildman–Crippen MR) is 21.9 cm³/mol. The Morgan fingerprint density at radius 2 is 2.43 bits per heavy atom. The Morgan fingerprint density at radius 3 is 2.43 bits per heavy atom. The molecule has 0 radical (unpaired) electrons. The fraction of sp³-hybridized carbons (Fsp3) is 0.500. The molecule has 0 bridgehead atoms. The second kappa shape index (κ2) is 2.12. The summed E-state index contributed by atoms with van der Waals surface area (Å²) < 4.78 is 0. The van der Waals surface area contributed by atoms with Crippen molar-refractivity contribution < 1.29 is 10.1 Å². The number of hydrogen-bond acceptors (Lipinski definition) is 4. The molecule has 0 atom stereocenters. The van der Waals surface area contributed by atoms with Crippen LogP contribution in [0.2, 0.25) is 0 Å². The van der Waals surface area contributed by atoms with Crippen LogP contribution >= 0.6 is 0 Å². The standard InChI is InChI=1S/C2H4N2O3/c1-2(3-5)4(6)7/h5H,1H3/b3-2-. The topological polar surface area (TPSA) is 75.7 Å². The average molecular weight is 104 g/mol. The lowest BCUT2D eigenvalue weighted by Crippen LogP contribution is -2.05. The van der Waals surface area contributed by atoms with Crippen molar-refractivity contribution in [3.05, 3.63) is 10.1 Å². The molecule has 0 aromatic heterocycles. The third-order valence-corrected chi connectivity index (χ3v) is 0.409. The van der Waals surface area contributed by atoms with E-state index in [1.807, 2.05) is 0 Å². The van der Waals surface area contributed by atoms with Gasteiger partial charge in [-0.15, -0.1) is 0 Å². The molecule has 0 spiro atoms. The van der Waals surface area contributed by atoms with E-state index >= 15 is 0 Å². The van der Waals surface area contributed by atoms with Crippen molar-refractivity contribution in [2.75, 3.05) is 0 Å². The highest BCUT2D eigenvalue weighted by Gasteiger charge is 1.99. The minimum Gasteiger partial charge on any atom is -0.358 e. The summed E-state index contributed by atoms with van der Waals surface area (Å²) in [6.45, 7) is 1.10. The van der Waals surface area contributed by atoms with Gasteiger partial charge in [0.25, 0.3) is 0 Å². The van der Waals surface area contributed by atoms with E-state index in [9.17, 15) is 10.1 Å². The molecule has 0 saturated carbocycles. The molecule has 5 nitrogen and oxygen atoms in total. The zero-order valence-corrected chi connectivity index (χ0v) is 3.66. The van der Waals surface area contributed by atoms with E-state index in [1.54, 1.807) is 0 Å². The first-order valence-corrected chi connectivity index (χ1v) is 1.51. The largest absolute Gasteiger partial charge is 0.382 e. The second-order valence-electron chi connectivity index (χ2n) is 0.904. The highest BCUT2D eigenvalue weighted by molar-refractivity contribution is 5.69. The molecule has 0 saturated heterocycles. The van der Waals surface area contributed by atoms with Crippen LogP contribution in [-0.2, 0) is 0 Å². The van der Waals surface area contributed by atoms with E-state index in [0.717, 1.165) is 6.92 Å². The van der Waals surface area contributed by atoms with Crippen molar-refractivity contribution in [3.63, 3.8) is 0 Å². The van der Waals surface area contributed by atoms with E-state index in [2.05, 4.69) is 5.16 Å². The maximum atomic E-state index is 9.45. The van der Waals surface area contributed by atoms with Crippen LogP contribution in [-0.4, -0.2) is 16.0 Å². The van der Waals surface area contributed by atoms with E-state index < -0.39 is 10.8 Å². The second-order valence-corrected chi connectivity index (χ2v) is 0.904. The maximum Gasteiger partial charge on any atom is 0.382 e. The highest BCUT2D eigenvalue weighted by Crippen LogP contribution is 1.71. The van der Waals surface area contributed by atoms with Crippen LogP contribution in [0.15, 0.2) is 5.16 Å². The summed E-state index contributed by atoms with van der Waals surface area (Å²) in [6.07, 6.45) is 0. The Morgan fingerprint density at radius 1 is 2.00 bits per heavy atom. The van der Waals surface area contributed by atoms with Crippen molar-refractivity contribution in [1.82, 2.24) is 0 Å². The van der Waals surface area contributed by atoms with Gasteiger partial charge < -0.3 is 15.3 Å². The Kier molecular flexibility index (Phi) is 1.78. The molecule has 0 rings (SSSR count). The Hall–Kier alpha value is -1.13. The van der Waals surface area contributed by atoms with Crippen molar-refractivity contribution in [2.24, 2.45) is 5.16 Å². The first-order valence-electron chi connectivity index (χ1n) is 1.51.